The smallest absolute Gasteiger partial charge is 0.266 e. The zero-order chi connectivity index (χ0) is 27.3. The first-order chi connectivity index (χ1) is 17.9. The summed E-state index contributed by atoms with van der Waals surface area (Å²) in [5, 5.41) is 0. The molecule has 4 aliphatic rings. The molecule has 4 heterocycles. The molecule has 6 rings (SSSR count). The van der Waals surface area contributed by atoms with Crippen molar-refractivity contribution in [3.8, 4) is 0 Å². The Balaban J connectivity index is 1.38. The van der Waals surface area contributed by atoms with E-state index in [1.165, 1.54) is 53.8 Å². The Hall–Kier alpha value is -1.56. The number of allylic oxidation sites excluding steroid dienone is 4. The molecule has 4 nitrogen and oxygen atoms in total. The second-order valence-corrected chi connectivity index (χ2v) is 16.1. The molecule has 0 N–H and O–H groups in total. The molecule has 10 heteroatoms. The Bertz CT molecular complexity index is 1510. The molecule has 0 aromatic carbocycles. The minimum absolute atomic E-state index is 0.00460. The van der Waals surface area contributed by atoms with E-state index in [9.17, 15) is 9.59 Å². The Kier molecular flexibility index (Phi) is 6.29. The zero-order valence-corrected chi connectivity index (χ0v) is 26.8. The first-order valence-electron chi connectivity index (χ1n) is 12.4. The number of thiocarbonyl (C=S) groups is 2. The van der Waals surface area contributed by atoms with Crippen LogP contribution < -0.4 is 0 Å². The van der Waals surface area contributed by atoms with Crippen LogP contribution in [0.25, 0.3) is 21.6 Å². The van der Waals surface area contributed by atoms with E-state index in [0.717, 1.165) is 11.1 Å². The third kappa shape index (κ3) is 3.67. The van der Waals surface area contributed by atoms with Crippen LogP contribution in [0.3, 0.4) is 0 Å². The van der Waals surface area contributed by atoms with E-state index in [1.807, 2.05) is 48.7 Å². The number of hydrogen-bond acceptors (Lipinski definition) is 8. The van der Waals surface area contributed by atoms with Gasteiger partial charge in [-0.15, -0.1) is 22.7 Å². The number of carbonyl (C=O) groups excluding carboxylic acids is 2. The van der Waals surface area contributed by atoms with Crippen molar-refractivity contribution in [2.45, 2.75) is 52.4 Å². The average molecular weight is 615 g/mol. The summed E-state index contributed by atoms with van der Waals surface area (Å²) in [6.07, 6.45) is 8.60. The molecule has 196 valence electrons. The second kappa shape index (κ2) is 8.97. The molecule has 2 fully saturated rings. The van der Waals surface area contributed by atoms with Gasteiger partial charge in [-0.3, -0.25) is 19.4 Å². The highest BCUT2D eigenvalue weighted by Crippen LogP contribution is 2.58. The van der Waals surface area contributed by atoms with Gasteiger partial charge in [-0.2, -0.15) is 0 Å². The van der Waals surface area contributed by atoms with Crippen LogP contribution in [0.2, 0.25) is 0 Å². The van der Waals surface area contributed by atoms with Crippen LogP contribution in [0.1, 0.15) is 62.4 Å². The molecular weight excluding hydrogens is 589 g/mol. The van der Waals surface area contributed by atoms with Crippen molar-refractivity contribution in [3.05, 3.63) is 54.0 Å². The molecule has 2 amide bonds. The fourth-order valence-electron chi connectivity index (χ4n) is 5.56. The summed E-state index contributed by atoms with van der Waals surface area (Å²) in [6, 6.07) is 0. The molecule has 0 bridgehead atoms. The number of carbonyl (C=O) groups is 2. The van der Waals surface area contributed by atoms with Gasteiger partial charge in [0.15, 0.2) is 0 Å². The van der Waals surface area contributed by atoms with Crippen LogP contribution >= 0.6 is 70.6 Å². The number of amides is 2. The van der Waals surface area contributed by atoms with Crippen LogP contribution in [0.5, 0.6) is 0 Å². The molecule has 2 aromatic heterocycles. The van der Waals surface area contributed by atoms with Gasteiger partial charge < -0.3 is 0 Å². The number of rotatable bonds is 4. The largest absolute Gasteiger partial charge is 0.293 e. The van der Waals surface area contributed by atoms with Crippen molar-refractivity contribution in [2.75, 3.05) is 13.1 Å². The lowest BCUT2D eigenvalue weighted by molar-refractivity contribution is -0.122. The fraction of sp³-hybridized carbons (Fsp3) is 0.357. The molecule has 2 saturated heterocycles. The molecule has 2 aliphatic heterocycles. The minimum Gasteiger partial charge on any atom is -0.293 e. The van der Waals surface area contributed by atoms with Crippen molar-refractivity contribution < 1.29 is 9.59 Å². The molecule has 38 heavy (non-hydrogen) atoms. The number of thioether (sulfide) groups is 2. The van der Waals surface area contributed by atoms with Crippen molar-refractivity contribution >= 4 is 113 Å². The first kappa shape index (κ1) is 26.7. The van der Waals surface area contributed by atoms with Gasteiger partial charge in [0, 0.05) is 33.7 Å². The maximum atomic E-state index is 12.8. The standard InChI is InChI=1S/C28H26N2O2S6/c1-7-29-23(31)17(37-25(29)33)11-13-9-15-19(27(13,3)4)21-22(35-15)20-16(36-21)10-14(28(20,5)6)12-18-24(32)30(8-2)26(34)38-18/h9-12H,7-8H2,1-6H3/b17-11-,18-12-. The van der Waals surface area contributed by atoms with Gasteiger partial charge in [0.2, 0.25) is 0 Å². The molecule has 0 atom stereocenters. The van der Waals surface area contributed by atoms with E-state index >= 15 is 0 Å². The monoisotopic (exact) mass is 614 g/mol. The van der Waals surface area contributed by atoms with E-state index in [2.05, 4.69) is 39.8 Å². The molecule has 0 spiro atoms. The number of fused-ring (bicyclic) bond motifs is 5. The minimum atomic E-state index is -0.216. The van der Waals surface area contributed by atoms with Crippen molar-refractivity contribution in [2.24, 2.45) is 0 Å². The molecule has 2 aliphatic carbocycles. The lowest BCUT2D eigenvalue weighted by atomic mass is 9.80. The summed E-state index contributed by atoms with van der Waals surface area (Å²) in [6.45, 7) is 14.1. The molecule has 0 unspecified atom stereocenters. The predicted molar refractivity (Wildman–Crippen MR) is 173 cm³/mol. The Labute approximate surface area is 249 Å². The third-order valence-electron chi connectivity index (χ3n) is 7.80. The van der Waals surface area contributed by atoms with Gasteiger partial charge in [-0.1, -0.05) is 75.7 Å². The number of nitrogens with zero attached hydrogens (tertiary/aromatic N) is 2. The predicted octanol–water partition coefficient (Wildman–Crippen LogP) is 7.84. The Morgan fingerprint density at radius 1 is 0.737 bits per heavy atom. The average Bonchev–Trinajstić information content (AvgIpc) is 3.60. The second-order valence-electron chi connectivity index (χ2n) is 10.6. The maximum absolute atomic E-state index is 12.8. The van der Waals surface area contributed by atoms with Gasteiger partial charge in [-0.05, 0) is 60.4 Å². The van der Waals surface area contributed by atoms with Crippen LogP contribution in [-0.4, -0.2) is 43.3 Å². The zero-order valence-electron chi connectivity index (χ0n) is 21.9. The van der Waals surface area contributed by atoms with Gasteiger partial charge in [0.1, 0.15) is 8.64 Å². The van der Waals surface area contributed by atoms with E-state index < -0.39 is 0 Å². The lowest BCUT2D eigenvalue weighted by Gasteiger charge is -2.23. The van der Waals surface area contributed by atoms with Gasteiger partial charge in [-0.25, -0.2) is 0 Å². The summed E-state index contributed by atoms with van der Waals surface area (Å²) >= 11 is 17.3. The molecular formula is C28H26N2O2S6. The normalized spacial score (nSPS) is 23.9. The third-order valence-corrected chi connectivity index (χ3v) is 13.0. The number of hydrogen-bond donors (Lipinski definition) is 0. The van der Waals surface area contributed by atoms with Crippen molar-refractivity contribution in [3.63, 3.8) is 0 Å². The first-order valence-corrected chi connectivity index (χ1v) is 16.5. The van der Waals surface area contributed by atoms with Crippen LogP contribution in [0.15, 0.2) is 33.1 Å². The lowest BCUT2D eigenvalue weighted by Crippen LogP contribution is -2.27. The van der Waals surface area contributed by atoms with Crippen LogP contribution in [-0.2, 0) is 20.4 Å². The Morgan fingerprint density at radius 3 is 1.42 bits per heavy atom. The summed E-state index contributed by atoms with van der Waals surface area (Å²) in [4.78, 5) is 33.0. The van der Waals surface area contributed by atoms with Crippen LogP contribution in [0, 0.1) is 0 Å². The van der Waals surface area contributed by atoms with Gasteiger partial charge in [0.25, 0.3) is 11.8 Å². The van der Waals surface area contributed by atoms with E-state index in [-0.39, 0.29) is 22.6 Å². The molecule has 0 radical (unpaired) electrons. The SMILES string of the molecule is CCN1C(=O)/C(=C/C2=Cc3sc4c5c(sc4c3C2(C)C)C=C(/C=C2\SC(=S)N(CC)C2=O)C5(C)C)SC1=S. The van der Waals surface area contributed by atoms with Gasteiger partial charge in [0.05, 0.1) is 19.2 Å². The fourth-order valence-corrected chi connectivity index (χ4v) is 11.7. The molecule has 2 aromatic rings. The Morgan fingerprint density at radius 2 is 1.11 bits per heavy atom. The van der Waals surface area contributed by atoms with Crippen LogP contribution in [0.4, 0.5) is 0 Å². The molecule has 0 saturated carbocycles. The highest BCUT2D eigenvalue weighted by Gasteiger charge is 2.43. The topological polar surface area (TPSA) is 40.6 Å². The number of thiophene rings is 2. The summed E-state index contributed by atoms with van der Waals surface area (Å²) < 4.78 is 3.94. The van der Waals surface area contributed by atoms with E-state index in [4.69, 9.17) is 24.4 Å². The summed E-state index contributed by atoms with van der Waals surface area (Å²) in [7, 11) is 0. The number of likely N-dealkylation sites (N-methyl/N-ethyl adjacent to an activating group) is 2. The van der Waals surface area contributed by atoms with Crippen molar-refractivity contribution in [1.29, 1.82) is 0 Å². The highest BCUT2D eigenvalue weighted by molar-refractivity contribution is 8.27. The summed E-state index contributed by atoms with van der Waals surface area (Å²) in [5.74, 6) is 0.00919. The maximum Gasteiger partial charge on any atom is 0.266 e. The van der Waals surface area contributed by atoms with E-state index in [1.54, 1.807) is 9.80 Å². The quantitative estimate of drug-likeness (QED) is 0.258. The van der Waals surface area contributed by atoms with Crippen molar-refractivity contribution in [1.82, 2.24) is 9.80 Å². The highest BCUT2D eigenvalue weighted by atomic mass is 32.2. The van der Waals surface area contributed by atoms with E-state index in [0.29, 0.717) is 31.5 Å². The summed E-state index contributed by atoms with van der Waals surface area (Å²) in [5.41, 5.74) is 4.57. The van der Waals surface area contributed by atoms with Gasteiger partial charge >= 0.3 is 0 Å².